The molecule has 5 nitrogen and oxygen atoms in total. The van der Waals surface area contributed by atoms with Gasteiger partial charge in [0, 0.05) is 44.0 Å². The monoisotopic (exact) mass is 450 g/mol. The van der Waals surface area contributed by atoms with Crippen LogP contribution in [0, 0.1) is 0 Å². The van der Waals surface area contributed by atoms with Crippen molar-refractivity contribution >= 4 is 5.69 Å². The van der Waals surface area contributed by atoms with Crippen LogP contribution in [0.4, 0.5) is 18.9 Å². The molecule has 1 fully saturated rings. The van der Waals surface area contributed by atoms with E-state index in [9.17, 15) is 18.3 Å². The highest BCUT2D eigenvalue weighted by atomic mass is 19.4. The number of alkyl halides is 3. The van der Waals surface area contributed by atoms with Crippen LogP contribution in [-0.4, -0.2) is 62.6 Å². The van der Waals surface area contributed by atoms with Gasteiger partial charge in [-0.1, -0.05) is 12.1 Å². The Bertz CT molecular complexity index is 896. The third-order valence-electron chi connectivity index (χ3n) is 5.44. The summed E-state index contributed by atoms with van der Waals surface area (Å²) < 4.78 is 50.0. The quantitative estimate of drug-likeness (QED) is 0.585. The van der Waals surface area contributed by atoms with Gasteiger partial charge in [-0.05, 0) is 42.8 Å². The van der Waals surface area contributed by atoms with Gasteiger partial charge in [-0.25, -0.2) is 0 Å². The molecular weight excluding hydrogens is 421 g/mol. The van der Waals surface area contributed by atoms with Crippen LogP contribution in [0.5, 0.6) is 11.5 Å². The largest absolute Gasteiger partial charge is 0.497 e. The van der Waals surface area contributed by atoms with E-state index in [-0.39, 0.29) is 6.61 Å². The Morgan fingerprint density at radius 1 is 1.12 bits per heavy atom. The molecule has 1 N–H and O–H groups in total. The van der Waals surface area contributed by atoms with E-state index in [1.807, 2.05) is 17.0 Å². The van der Waals surface area contributed by atoms with Crippen LogP contribution in [0.15, 0.2) is 55.1 Å². The van der Waals surface area contributed by atoms with Crippen molar-refractivity contribution in [1.29, 1.82) is 0 Å². The third-order valence-corrected chi connectivity index (χ3v) is 5.44. The van der Waals surface area contributed by atoms with E-state index >= 15 is 0 Å². The highest BCUT2D eigenvalue weighted by Crippen LogP contribution is 2.32. The Labute approximate surface area is 186 Å². The summed E-state index contributed by atoms with van der Waals surface area (Å²) in [6, 6.07) is 10.9. The molecule has 174 valence electrons. The van der Waals surface area contributed by atoms with Gasteiger partial charge in [0.25, 0.3) is 0 Å². The molecule has 0 amide bonds. The summed E-state index contributed by atoms with van der Waals surface area (Å²) in [5, 5.41) is 10.4. The van der Waals surface area contributed by atoms with Crippen LogP contribution in [0.1, 0.15) is 11.1 Å². The number of aliphatic hydroxyl groups is 1. The maximum Gasteiger partial charge on any atom is 0.416 e. The number of hydrogen-bond acceptors (Lipinski definition) is 5. The fraction of sp³-hybridized carbons (Fsp3) is 0.417. The van der Waals surface area contributed by atoms with Crippen molar-refractivity contribution in [2.24, 2.45) is 0 Å². The lowest BCUT2D eigenvalue weighted by Gasteiger charge is -2.37. The summed E-state index contributed by atoms with van der Waals surface area (Å²) in [6.45, 7) is 6.82. The molecule has 3 rings (SSSR count). The van der Waals surface area contributed by atoms with E-state index in [1.165, 1.54) is 12.1 Å². The standard InChI is InChI=1S/C24H29F3N2O3/c1-3-5-18-14-22(31-2)8-9-23(18)32-17-21(30)16-28-10-12-29(13-11-28)20-7-4-6-19(15-20)24(25,26)27/h3-4,6-9,14-15,21,30H,1,5,10-13,16-17H2,2H3/t21-/m1/s1. The molecule has 2 aromatic carbocycles. The first kappa shape index (κ1) is 23.9. The van der Waals surface area contributed by atoms with Gasteiger partial charge in [0.05, 0.1) is 12.7 Å². The Hall–Kier alpha value is -2.71. The lowest BCUT2D eigenvalue weighted by atomic mass is 10.1. The maximum absolute atomic E-state index is 13.0. The fourth-order valence-electron chi connectivity index (χ4n) is 3.74. The topological polar surface area (TPSA) is 45.2 Å². The Morgan fingerprint density at radius 3 is 2.53 bits per heavy atom. The van der Waals surface area contributed by atoms with Gasteiger partial charge < -0.3 is 19.5 Å². The number of benzene rings is 2. The third kappa shape index (κ3) is 6.40. The number of nitrogens with zero attached hydrogens (tertiary/aromatic N) is 2. The molecule has 0 bridgehead atoms. The van der Waals surface area contributed by atoms with Crippen molar-refractivity contribution in [2.75, 3.05) is 51.3 Å². The minimum absolute atomic E-state index is 0.143. The van der Waals surface area contributed by atoms with Crippen LogP contribution in [0.2, 0.25) is 0 Å². The van der Waals surface area contributed by atoms with Gasteiger partial charge in [-0.15, -0.1) is 6.58 Å². The van der Waals surface area contributed by atoms with Crippen molar-refractivity contribution < 1.29 is 27.8 Å². The first-order valence-electron chi connectivity index (χ1n) is 10.5. The van der Waals surface area contributed by atoms with Crippen LogP contribution >= 0.6 is 0 Å². The van der Waals surface area contributed by atoms with E-state index in [0.29, 0.717) is 50.6 Å². The van der Waals surface area contributed by atoms with Gasteiger partial charge in [0.15, 0.2) is 0 Å². The summed E-state index contributed by atoms with van der Waals surface area (Å²) in [6.07, 6.45) is -2.63. The number of methoxy groups -OCH3 is 1. The second kappa shape index (κ2) is 10.7. The minimum Gasteiger partial charge on any atom is -0.497 e. The van der Waals surface area contributed by atoms with Crippen molar-refractivity contribution in [2.45, 2.75) is 18.7 Å². The van der Waals surface area contributed by atoms with Gasteiger partial charge in [-0.2, -0.15) is 13.2 Å². The lowest BCUT2D eigenvalue weighted by molar-refractivity contribution is -0.137. The highest BCUT2D eigenvalue weighted by Gasteiger charge is 2.31. The average Bonchev–Trinajstić information content (AvgIpc) is 2.78. The molecule has 1 aliphatic heterocycles. The van der Waals surface area contributed by atoms with E-state index in [2.05, 4.69) is 11.5 Å². The summed E-state index contributed by atoms with van der Waals surface area (Å²) in [4.78, 5) is 4.03. The smallest absolute Gasteiger partial charge is 0.416 e. The van der Waals surface area contributed by atoms with Crippen LogP contribution in [0.3, 0.4) is 0 Å². The van der Waals surface area contributed by atoms with Crippen molar-refractivity contribution in [3.05, 3.63) is 66.2 Å². The van der Waals surface area contributed by atoms with E-state index in [4.69, 9.17) is 9.47 Å². The van der Waals surface area contributed by atoms with E-state index in [1.54, 1.807) is 25.3 Å². The Kier molecular flexibility index (Phi) is 8.04. The second-order valence-corrected chi connectivity index (χ2v) is 7.77. The zero-order chi connectivity index (χ0) is 23.1. The number of allylic oxidation sites excluding steroid dienone is 1. The average molecular weight is 451 g/mol. The number of aliphatic hydroxyl groups excluding tert-OH is 1. The van der Waals surface area contributed by atoms with Crippen molar-refractivity contribution in [3.8, 4) is 11.5 Å². The molecule has 0 spiro atoms. The predicted octanol–water partition coefficient (Wildman–Crippen LogP) is 4.00. The number of ether oxygens (including phenoxy) is 2. The summed E-state index contributed by atoms with van der Waals surface area (Å²) in [5.41, 5.74) is 0.859. The number of anilines is 1. The summed E-state index contributed by atoms with van der Waals surface area (Å²) >= 11 is 0. The molecule has 1 saturated heterocycles. The maximum atomic E-state index is 13.0. The zero-order valence-electron chi connectivity index (χ0n) is 18.1. The van der Waals surface area contributed by atoms with Gasteiger partial charge in [0.2, 0.25) is 0 Å². The number of hydrogen-bond donors (Lipinski definition) is 1. The first-order chi connectivity index (χ1) is 15.3. The fourth-order valence-corrected chi connectivity index (χ4v) is 3.74. The zero-order valence-corrected chi connectivity index (χ0v) is 18.1. The van der Waals surface area contributed by atoms with Gasteiger partial charge in [-0.3, -0.25) is 4.90 Å². The normalized spacial score (nSPS) is 16.0. The molecule has 0 radical (unpaired) electrons. The highest BCUT2D eigenvalue weighted by molar-refractivity contribution is 5.49. The van der Waals surface area contributed by atoms with Gasteiger partial charge >= 0.3 is 6.18 Å². The molecule has 0 aliphatic carbocycles. The summed E-state index contributed by atoms with van der Waals surface area (Å²) in [5.74, 6) is 1.41. The molecular formula is C24H29F3N2O3. The van der Waals surface area contributed by atoms with Gasteiger partial charge in [0.1, 0.15) is 24.2 Å². The second-order valence-electron chi connectivity index (χ2n) is 7.77. The SMILES string of the molecule is C=CCc1cc(OC)ccc1OC[C@H](O)CN1CCN(c2cccc(C(F)(F)F)c2)CC1. The number of halogens is 3. The molecule has 8 heteroatoms. The van der Waals surface area contributed by atoms with E-state index in [0.717, 1.165) is 17.4 Å². The Balaban J connectivity index is 1.49. The summed E-state index contributed by atoms with van der Waals surface area (Å²) in [7, 11) is 1.60. The van der Waals surface area contributed by atoms with Crippen LogP contribution in [0.25, 0.3) is 0 Å². The molecule has 0 aromatic heterocycles. The number of rotatable bonds is 9. The van der Waals surface area contributed by atoms with Crippen molar-refractivity contribution in [3.63, 3.8) is 0 Å². The molecule has 32 heavy (non-hydrogen) atoms. The Morgan fingerprint density at radius 2 is 1.88 bits per heavy atom. The van der Waals surface area contributed by atoms with Crippen molar-refractivity contribution in [1.82, 2.24) is 4.90 Å². The molecule has 1 atom stereocenters. The van der Waals surface area contributed by atoms with Crippen LogP contribution in [-0.2, 0) is 12.6 Å². The van der Waals surface area contributed by atoms with Crippen LogP contribution < -0.4 is 14.4 Å². The van der Waals surface area contributed by atoms with E-state index < -0.39 is 17.8 Å². The lowest BCUT2D eigenvalue weighted by Crippen LogP contribution is -2.49. The minimum atomic E-state index is -4.35. The number of β-amino-alcohol motifs (C(OH)–C–C–N with tert-alkyl or cyclic N) is 1. The molecule has 1 heterocycles. The number of piperazine rings is 1. The molecule has 0 unspecified atom stereocenters. The molecule has 1 aliphatic rings. The first-order valence-corrected chi connectivity index (χ1v) is 10.5. The predicted molar refractivity (Wildman–Crippen MR) is 118 cm³/mol. The molecule has 0 saturated carbocycles. The molecule has 2 aromatic rings.